The SMILES string of the molecule is CCCCOc1ccccc1C1CC(C(=O)N/N=C/c2cc(Br)ccc2O)NN1. The van der Waals surface area contributed by atoms with Gasteiger partial charge in [0.2, 0.25) is 0 Å². The number of nitrogens with one attached hydrogen (secondary N) is 3. The van der Waals surface area contributed by atoms with Crippen LogP contribution in [0.2, 0.25) is 0 Å². The molecule has 1 fully saturated rings. The van der Waals surface area contributed by atoms with E-state index in [-0.39, 0.29) is 17.7 Å². The fourth-order valence-corrected chi connectivity index (χ4v) is 3.41. The van der Waals surface area contributed by atoms with E-state index < -0.39 is 6.04 Å². The van der Waals surface area contributed by atoms with Gasteiger partial charge in [0.1, 0.15) is 17.5 Å². The first-order chi connectivity index (χ1) is 14.1. The lowest BCUT2D eigenvalue weighted by Gasteiger charge is -2.15. The standard InChI is InChI=1S/C21H25BrN4O3/c1-2-3-10-29-20-7-5-4-6-16(20)17-12-18(25-24-17)21(28)26-23-13-14-11-15(22)8-9-19(14)27/h4-9,11,13,17-18,24-25,27H,2-3,10,12H2,1H3,(H,26,28)/b23-13+. The van der Waals surface area contributed by atoms with Crippen molar-refractivity contribution in [2.75, 3.05) is 6.61 Å². The van der Waals surface area contributed by atoms with Gasteiger partial charge in [-0.1, -0.05) is 47.5 Å². The van der Waals surface area contributed by atoms with Crippen LogP contribution in [0.25, 0.3) is 0 Å². The summed E-state index contributed by atoms with van der Waals surface area (Å²) in [6.45, 7) is 2.80. The quantitative estimate of drug-likeness (QED) is 0.275. The van der Waals surface area contributed by atoms with Gasteiger partial charge in [-0.3, -0.25) is 4.79 Å². The third-order valence-electron chi connectivity index (χ3n) is 4.64. The Morgan fingerprint density at radius 3 is 3.00 bits per heavy atom. The van der Waals surface area contributed by atoms with E-state index in [1.807, 2.05) is 24.3 Å². The van der Waals surface area contributed by atoms with Crippen molar-refractivity contribution in [2.24, 2.45) is 5.10 Å². The fourth-order valence-electron chi connectivity index (χ4n) is 3.03. The molecular formula is C21H25BrN4O3. The van der Waals surface area contributed by atoms with E-state index in [0.717, 1.165) is 28.6 Å². The van der Waals surface area contributed by atoms with E-state index in [4.69, 9.17) is 4.74 Å². The first-order valence-electron chi connectivity index (χ1n) is 9.62. The van der Waals surface area contributed by atoms with Crippen molar-refractivity contribution in [1.29, 1.82) is 0 Å². The maximum absolute atomic E-state index is 12.4. The first-order valence-corrected chi connectivity index (χ1v) is 10.4. The van der Waals surface area contributed by atoms with Gasteiger partial charge in [0.15, 0.2) is 0 Å². The highest BCUT2D eigenvalue weighted by Gasteiger charge is 2.31. The van der Waals surface area contributed by atoms with Crippen LogP contribution in [-0.4, -0.2) is 29.9 Å². The van der Waals surface area contributed by atoms with Crippen LogP contribution in [0.15, 0.2) is 52.0 Å². The van der Waals surface area contributed by atoms with E-state index in [1.54, 1.807) is 18.2 Å². The second kappa shape index (κ2) is 10.4. The molecular weight excluding hydrogens is 436 g/mol. The number of nitrogens with zero attached hydrogens (tertiary/aromatic N) is 1. The molecule has 1 amide bonds. The Morgan fingerprint density at radius 2 is 2.17 bits per heavy atom. The molecule has 8 heteroatoms. The second-order valence-corrected chi connectivity index (χ2v) is 7.72. The predicted molar refractivity (Wildman–Crippen MR) is 116 cm³/mol. The number of hydrogen-bond acceptors (Lipinski definition) is 6. The van der Waals surface area contributed by atoms with Crippen molar-refractivity contribution >= 4 is 28.1 Å². The molecule has 1 aliphatic heterocycles. The molecule has 2 aromatic carbocycles. The van der Waals surface area contributed by atoms with E-state index in [1.165, 1.54) is 6.21 Å². The Hall–Kier alpha value is -2.42. The average molecular weight is 461 g/mol. The fraction of sp³-hybridized carbons (Fsp3) is 0.333. The lowest BCUT2D eigenvalue weighted by Crippen LogP contribution is -2.41. The summed E-state index contributed by atoms with van der Waals surface area (Å²) in [5, 5.41) is 13.8. The molecule has 2 atom stereocenters. The van der Waals surface area contributed by atoms with Gasteiger partial charge in [-0.2, -0.15) is 5.10 Å². The Balaban J connectivity index is 1.57. The number of rotatable bonds is 8. The maximum Gasteiger partial charge on any atom is 0.258 e. The van der Waals surface area contributed by atoms with Crippen LogP contribution in [0.1, 0.15) is 43.4 Å². The zero-order chi connectivity index (χ0) is 20.6. The van der Waals surface area contributed by atoms with E-state index >= 15 is 0 Å². The summed E-state index contributed by atoms with van der Waals surface area (Å²) in [5.74, 6) is 0.672. The number of phenols is 1. The second-order valence-electron chi connectivity index (χ2n) is 6.81. The lowest BCUT2D eigenvalue weighted by molar-refractivity contribution is -0.122. The third-order valence-corrected chi connectivity index (χ3v) is 5.13. The van der Waals surface area contributed by atoms with Crippen LogP contribution in [0.4, 0.5) is 0 Å². The normalized spacial score (nSPS) is 18.8. The molecule has 0 aliphatic carbocycles. The lowest BCUT2D eigenvalue weighted by atomic mass is 10.0. The molecule has 0 bridgehead atoms. The molecule has 29 heavy (non-hydrogen) atoms. The van der Waals surface area contributed by atoms with Gasteiger partial charge in [0.05, 0.1) is 18.9 Å². The van der Waals surface area contributed by atoms with E-state index in [0.29, 0.717) is 18.6 Å². The molecule has 2 unspecified atom stereocenters. The summed E-state index contributed by atoms with van der Waals surface area (Å²) < 4.78 is 6.71. The largest absolute Gasteiger partial charge is 0.507 e. The van der Waals surface area contributed by atoms with Crippen LogP contribution in [-0.2, 0) is 4.79 Å². The van der Waals surface area contributed by atoms with Crippen molar-refractivity contribution in [2.45, 2.75) is 38.3 Å². The molecule has 4 N–H and O–H groups in total. The van der Waals surface area contributed by atoms with Crippen molar-refractivity contribution in [3.8, 4) is 11.5 Å². The van der Waals surface area contributed by atoms with E-state index in [9.17, 15) is 9.90 Å². The molecule has 0 radical (unpaired) electrons. The van der Waals surface area contributed by atoms with Gasteiger partial charge in [-0.15, -0.1) is 0 Å². The van der Waals surface area contributed by atoms with Crippen LogP contribution in [0.3, 0.4) is 0 Å². The molecule has 1 heterocycles. The third kappa shape index (κ3) is 5.79. The molecule has 0 aromatic heterocycles. The number of benzene rings is 2. The van der Waals surface area contributed by atoms with Crippen LogP contribution < -0.4 is 21.0 Å². The Morgan fingerprint density at radius 1 is 1.34 bits per heavy atom. The summed E-state index contributed by atoms with van der Waals surface area (Å²) in [7, 11) is 0. The zero-order valence-electron chi connectivity index (χ0n) is 16.2. The minimum absolute atomic E-state index is 0.0401. The molecule has 3 rings (SSSR count). The number of para-hydroxylation sites is 1. The van der Waals surface area contributed by atoms with E-state index in [2.05, 4.69) is 44.2 Å². The van der Waals surface area contributed by atoms with Gasteiger partial charge in [0.25, 0.3) is 5.91 Å². The van der Waals surface area contributed by atoms with Crippen LogP contribution in [0.5, 0.6) is 11.5 Å². The van der Waals surface area contributed by atoms with Crippen molar-refractivity contribution < 1.29 is 14.6 Å². The summed E-state index contributed by atoms with van der Waals surface area (Å²) >= 11 is 3.34. The Bertz CT molecular complexity index is 875. The highest BCUT2D eigenvalue weighted by Crippen LogP contribution is 2.30. The highest BCUT2D eigenvalue weighted by atomic mass is 79.9. The highest BCUT2D eigenvalue weighted by molar-refractivity contribution is 9.10. The number of halogens is 1. The Kier molecular flexibility index (Phi) is 7.62. The number of phenolic OH excluding ortho intramolecular Hbond substituents is 1. The van der Waals surface area contributed by atoms with Crippen LogP contribution >= 0.6 is 15.9 Å². The number of ether oxygens (including phenoxy) is 1. The van der Waals surface area contributed by atoms with Crippen molar-refractivity contribution in [3.05, 3.63) is 58.1 Å². The summed E-state index contributed by atoms with van der Waals surface area (Å²) in [5.41, 5.74) is 10.2. The number of aromatic hydroxyl groups is 1. The number of carbonyl (C=O) groups excluding carboxylic acids is 1. The number of amides is 1. The van der Waals surface area contributed by atoms with Gasteiger partial charge in [0, 0.05) is 15.6 Å². The molecule has 1 saturated heterocycles. The number of hydrazine groups is 1. The summed E-state index contributed by atoms with van der Waals surface area (Å²) in [6, 6.07) is 12.4. The van der Waals surface area contributed by atoms with Gasteiger partial charge < -0.3 is 9.84 Å². The number of carbonyl (C=O) groups is 1. The monoisotopic (exact) mass is 460 g/mol. The van der Waals surface area contributed by atoms with Crippen molar-refractivity contribution in [3.63, 3.8) is 0 Å². The molecule has 0 spiro atoms. The number of hydrazone groups is 1. The first kappa shape index (κ1) is 21.3. The van der Waals surface area contributed by atoms with Crippen LogP contribution in [0, 0.1) is 0 Å². The molecule has 7 nitrogen and oxygen atoms in total. The average Bonchev–Trinajstić information content (AvgIpc) is 3.21. The van der Waals surface area contributed by atoms with Gasteiger partial charge >= 0.3 is 0 Å². The smallest absolute Gasteiger partial charge is 0.258 e. The topological polar surface area (TPSA) is 95.0 Å². The summed E-state index contributed by atoms with van der Waals surface area (Å²) in [6.07, 6.45) is 4.06. The van der Waals surface area contributed by atoms with Gasteiger partial charge in [-0.25, -0.2) is 16.3 Å². The molecule has 0 saturated carbocycles. The predicted octanol–water partition coefficient (Wildman–Crippen LogP) is 3.39. The van der Waals surface area contributed by atoms with Gasteiger partial charge in [-0.05, 0) is 37.1 Å². The number of unbranched alkanes of at least 4 members (excludes halogenated alkanes) is 1. The molecule has 154 valence electrons. The maximum atomic E-state index is 12.4. The molecule has 1 aliphatic rings. The molecule has 2 aromatic rings. The zero-order valence-corrected chi connectivity index (χ0v) is 17.8. The minimum atomic E-state index is -0.433. The minimum Gasteiger partial charge on any atom is -0.507 e. The summed E-state index contributed by atoms with van der Waals surface area (Å²) in [4.78, 5) is 12.4. The Labute approximate surface area is 178 Å². The van der Waals surface area contributed by atoms with Crippen molar-refractivity contribution in [1.82, 2.24) is 16.3 Å². The number of hydrogen-bond donors (Lipinski definition) is 4.